The smallest absolute Gasteiger partial charge is 0.126 e. The van der Waals surface area contributed by atoms with Crippen molar-refractivity contribution in [2.24, 2.45) is 0 Å². The lowest BCUT2D eigenvalue weighted by Crippen LogP contribution is -2.05. The van der Waals surface area contributed by atoms with Crippen LogP contribution in [0.1, 0.15) is 28.8 Å². The highest BCUT2D eigenvalue weighted by Gasteiger charge is 2.12. The van der Waals surface area contributed by atoms with E-state index in [4.69, 9.17) is 5.73 Å². The van der Waals surface area contributed by atoms with Gasteiger partial charge in [-0.05, 0) is 55.0 Å². The van der Waals surface area contributed by atoms with Gasteiger partial charge in [-0.2, -0.15) is 0 Å². The molecule has 0 unspecified atom stereocenters. The topological polar surface area (TPSA) is 50.9 Å². The molecule has 19 heavy (non-hydrogen) atoms. The Morgan fingerprint density at radius 1 is 1.21 bits per heavy atom. The number of pyridine rings is 1. The minimum atomic E-state index is 0.767. The zero-order chi connectivity index (χ0) is 13.2. The second-order valence-electron chi connectivity index (χ2n) is 5.14. The Labute approximate surface area is 113 Å². The number of fused-ring (bicyclic) bond motifs is 1. The molecule has 0 fully saturated rings. The number of rotatable bonds is 3. The third kappa shape index (κ3) is 2.41. The number of benzene rings is 1. The van der Waals surface area contributed by atoms with E-state index in [-0.39, 0.29) is 0 Å². The van der Waals surface area contributed by atoms with Crippen LogP contribution in [0.2, 0.25) is 0 Å². The molecule has 0 atom stereocenters. The van der Waals surface area contributed by atoms with E-state index in [1.54, 1.807) is 0 Å². The first kappa shape index (κ1) is 12.0. The van der Waals surface area contributed by atoms with E-state index in [0.717, 1.165) is 30.0 Å². The number of nitrogens with zero attached hydrogens (tertiary/aromatic N) is 1. The maximum atomic E-state index is 5.92. The van der Waals surface area contributed by atoms with Crippen molar-refractivity contribution in [3.05, 3.63) is 52.7 Å². The minimum absolute atomic E-state index is 0.767. The van der Waals surface area contributed by atoms with Crippen LogP contribution in [-0.4, -0.2) is 4.98 Å². The second-order valence-corrected chi connectivity index (χ2v) is 5.14. The Balaban J connectivity index is 1.74. The average Bonchev–Trinajstić information content (AvgIpc) is 2.88. The zero-order valence-electron chi connectivity index (χ0n) is 11.2. The van der Waals surface area contributed by atoms with Gasteiger partial charge in [-0.1, -0.05) is 18.2 Å². The molecule has 1 aliphatic carbocycles. The summed E-state index contributed by atoms with van der Waals surface area (Å²) < 4.78 is 0. The SMILES string of the molecule is Cc1c(N)cccc1CNc1ccc2c(n1)CCC2. The van der Waals surface area contributed by atoms with Crippen LogP contribution in [0.4, 0.5) is 11.5 Å². The molecule has 0 radical (unpaired) electrons. The fourth-order valence-corrected chi connectivity index (χ4v) is 2.60. The summed E-state index contributed by atoms with van der Waals surface area (Å²) in [6.45, 7) is 2.82. The lowest BCUT2D eigenvalue weighted by Gasteiger charge is -2.11. The molecule has 0 bridgehead atoms. The van der Waals surface area contributed by atoms with Gasteiger partial charge < -0.3 is 11.1 Å². The summed E-state index contributed by atoms with van der Waals surface area (Å²) in [6.07, 6.45) is 3.53. The van der Waals surface area contributed by atoms with Crippen LogP contribution < -0.4 is 11.1 Å². The van der Waals surface area contributed by atoms with Crippen molar-refractivity contribution in [3.8, 4) is 0 Å². The molecule has 2 aromatic rings. The van der Waals surface area contributed by atoms with E-state index in [9.17, 15) is 0 Å². The van der Waals surface area contributed by atoms with Gasteiger partial charge in [0.05, 0.1) is 0 Å². The van der Waals surface area contributed by atoms with Gasteiger partial charge in [0.2, 0.25) is 0 Å². The fourth-order valence-electron chi connectivity index (χ4n) is 2.60. The number of nitrogens with one attached hydrogen (secondary N) is 1. The predicted molar refractivity (Wildman–Crippen MR) is 79.2 cm³/mol. The molecular formula is C16H19N3. The molecule has 1 aliphatic rings. The summed E-state index contributed by atoms with van der Waals surface area (Å²) in [5.74, 6) is 0.961. The van der Waals surface area contributed by atoms with Gasteiger partial charge >= 0.3 is 0 Å². The lowest BCUT2D eigenvalue weighted by atomic mass is 10.1. The molecule has 98 valence electrons. The van der Waals surface area contributed by atoms with Gasteiger partial charge in [-0.25, -0.2) is 4.98 Å². The molecule has 0 aliphatic heterocycles. The Kier molecular flexibility index (Phi) is 3.11. The lowest BCUT2D eigenvalue weighted by molar-refractivity contribution is 0.899. The maximum Gasteiger partial charge on any atom is 0.126 e. The molecule has 3 rings (SSSR count). The van der Waals surface area contributed by atoms with Gasteiger partial charge in [0.15, 0.2) is 0 Å². The maximum absolute atomic E-state index is 5.92. The molecule has 3 N–H and O–H groups in total. The quantitative estimate of drug-likeness (QED) is 0.826. The number of aryl methyl sites for hydroxylation is 2. The molecule has 1 aromatic carbocycles. The average molecular weight is 253 g/mol. The van der Waals surface area contributed by atoms with Crippen LogP contribution in [0.5, 0.6) is 0 Å². The molecule has 0 saturated heterocycles. The third-order valence-corrected chi connectivity index (χ3v) is 3.88. The van der Waals surface area contributed by atoms with Crippen LogP contribution in [0.25, 0.3) is 0 Å². The number of nitrogen functional groups attached to an aromatic ring is 1. The van der Waals surface area contributed by atoms with Crippen molar-refractivity contribution < 1.29 is 0 Å². The fraction of sp³-hybridized carbons (Fsp3) is 0.312. The first-order chi connectivity index (χ1) is 9.24. The Hall–Kier alpha value is -2.03. The normalized spacial score (nSPS) is 13.3. The van der Waals surface area contributed by atoms with Crippen molar-refractivity contribution in [1.29, 1.82) is 0 Å². The summed E-state index contributed by atoms with van der Waals surface area (Å²) in [5.41, 5.74) is 11.8. The Morgan fingerprint density at radius 3 is 3.00 bits per heavy atom. The molecule has 0 saturated carbocycles. The van der Waals surface area contributed by atoms with Crippen LogP contribution in [-0.2, 0) is 19.4 Å². The monoisotopic (exact) mass is 253 g/mol. The van der Waals surface area contributed by atoms with Crippen molar-refractivity contribution in [3.63, 3.8) is 0 Å². The van der Waals surface area contributed by atoms with E-state index in [1.165, 1.54) is 29.7 Å². The summed E-state index contributed by atoms with van der Waals surface area (Å²) in [7, 11) is 0. The van der Waals surface area contributed by atoms with E-state index >= 15 is 0 Å². The van der Waals surface area contributed by atoms with Gasteiger partial charge in [-0.3, -0.25) is 0 Å². The largest absolute Gasteiger partial charge is 0.399 e. The minimum Gasteiger partial charge on any atom is -0.399 e. The highest BCUT2D eigenvalue weighted by atomic mass is 15.0. The third-order valence-electron chi connectivity index (χ3n) is 3.88. The summed E-state index contributed by atoms with van der Waals surface area (Å²) in [6, 6.07) is 10.3. The summed E-state index contributed by atoms with van der Waals surface area (Å²) in [4.78, 5) is 4.68. The van der Waals surface area contributed by atoms with Crippen molar-refractivity contribution >= 4 is 11.5 Å². The number of anilines is 2. The first-order valence-corrected chi connectivity index (χ1v) is 6.80. The molecule has 3 nitrogen and oxygen atoms in total. The van der Waals surface area contributed by atoms with Crippen molar-refractivity contribution in [2.45, 2.75) is 32.7 Å². The van der Waals surface area contributed by atoms with Gasteiger partial charge in [0, 0.05) is 17.9 Å². The van der Waals surface area contributed by atoms with E-state index in [2.05, 4.69) is 35.4 Å². The Morgan fingerprint density at radius 2 is 2.11 bits per heavy atom. The molecular weight excluding hydrogens is 234 g/mol. The van der Waals surface area contributed by atoms with Crippen LogP contribution in [0, 0.1) is 6.92 Å². The number of nitrogens with two attached hydrogens (primary N) is 1. The van der Waals surface area contributed by atoms with Crippen molar-refractivity contribution in [1.82, 2.24) is 4.98 Å². The molecule has 0 amide bonds. The molecule has 1 heterocycles. The molecule has 0 spiro atoms. The van der Waals surface area contributed by atoms with Crippen molar-refractivity contribution in [2.75, 3.05) is 11.1 Å². The number of aromatic nitrogens is 1. The van der Waals surface area contributed by atoms with Crippen LogP contribution in [0.3, 0.4) is 0 Å². The summed E-state index contributed by atoms with van der Waals surface area (Å²) >= 11 is 0. The van der Waals surface area contributed by atoms with E-state index in [0.29, 0.717) is 0 Å². The van der Waals surface area contributed by atoms with E-state index in [1.807, 2.05) is 12.1 Å². The zero-order valence-corrected chi connectivity index (χ0v) is 11.2. The second kappa shape index (κ2) is 4.92. The summed E-state index contributed by atoms with van der Waals surface area (Å²) in [5, 5.41) is 3.39. The van der Waals surface area contributed by atoms with E-state index < -0.39 is 0 Å². The van der Waals surface area contributed by atoms with Gasteiger partial charge in [0.25, 0.3) is 0 Å². The molecule has 3 heteroatoms. The molecule has 1 aromatic heterocycles. The predicted octanol–water partition coefficient (Wildman–Crippen LogP) is 3.07. The highest BCUT2D eigenvalue weighted by molar-refractivity contribution is 5.51. The van der Waals surface area contributed by atoms with Gasteiger partial charge in [0.1, 0.15) is 5.82 Å². The number of hydrogen-bond acceptors (Lipinski definition) is 3. The first-order valence-electron chi connectivity index (χ1n) is 6.80. The van der Waals surface area contributed by atoms with Crippen LogP contribution in [0.15, 0.2) is 30.3 Å². The van der Waals surface area contributed by atoms with Gasteiger partial charge in [-0.15, -0.1) is 0 Å². The highest BCUT2D eigenvalue weighted by Crippen LogP contribution is 2.22. The number of hydrogen-bond donors (Lipinski definition) is 2. The Bertz CT molecular complexity index is 605. The van der Waals surface area contributed by atoms with Crippen LogP contribution >= 0.6 is 0 Å². The standard InChI is InChI=1S/C16H19N3/c1-11-13(5-2-6-14(11)17)10-18-16-9-8-12-4-3-7-15(12)19-16/h2,5-6,8-9H,3-4,7,10,17H2,1H3,(H,18,19).